The molecule has 2 rings (SSSR count). The second-order valence-electron chi connectivity index (χ2n) is 8.09. The molecule has 0 bridgehead atoms. The van der Waals surface area contributed by atoms with Crippen LogP contribution in [-0.2, 0) is 27.2 Å². The van der Waals surface area contributed by atoms with Gasteiger partial charge in [-0.2, -0.15) is 0 Å². The summed E-state index contributed by atoms with van der Waals surface area (Å²) < 4.78 is 10.5. The Balaban J connectivity index is 2.11. The minimum Gasteiger partial charge on any atom is -0.493 e. The maximum atomic E-state index is 13.1. The van der Waals surface area contributed by atoms with Gasteiger partial charge in [0.05, 0.1) is 20.6 Å². The molecule has 8 N–H and O–H groups in total. The number of guanidine groups is 1. The highest BCUT2D eigenvalue weighted by Gasteiger charge is 2.26. The van der Waals surface area contributed by atoms with Crippen molar-refractivity contribution in [1.29, 1.82) is 0 Å². The quantitative estimate of drug-likeness (QED) is 0.138. The van der Waals surface area contributed by atoms with Crippen molar-refractivity contribution in [1.82, 2.24) is 10.6 Å². The number of rotatable bonds is 14. The van der Waals surface area contributed by atoms with Gasteiger partial charge in [-0.05, 0) is 36.1 Å². The summed E-state index contributed by atoms with van der Waals surface area (Å²) in [5, 5.41) is 5.41. The molecule has 0 aromatic heterocycles. The van der Waals surface area contributed by atoms with E-state index in [4.69, 9.17) is 26.7 Å². The Labute approximate surface area is 210 Å². The predicted octanol–water partition coefficient (Wildman–Crippen LogP) is -0.00250. The fourth-order valence-electron chi connectivity index (χ4n) is 3.54. The number of benzene rings is 2. The van der Waals surface area contributed by atoms with Gasteiger partial charge in [0.15, 0.2) is 17.5 Å². The van der Waals surface area contributed by atoms with Crippen LogP contribution in [0.25, 0.3) is 0 Å². The van der Waals surface area contributed by atoms with E-state index in [0.29, 0.717) is 23.5 Å². The summed E-state index contributed by atoms with van der Waals surface area (Å²) in [6.07, 6.45) is 0.896. The Hall–Kier alpha value is -4.28. The average molecular weight is 499 g/mol. The van der Waals surface area contributed by atoms with Crippen LogP contribution >= 0.6 is 0 Å². The van der Waals surface area contributed by atoms with Crippen LogP contribution in [0, 0.1) is 0 Å². The van der Waals surface area contributed by atoms with E-state index < -0.39 is 23.9 Å². The van der Waals surface area contributed by atoms with Gasteiger partial charge in [0, 0.05) is 13.0 Å². The topological polar surface area (TPSA) is 184 Å². The summed E-state index contributed by atoms with van der Waals surface area (Å²) >= 11 is 0. The van der Waals surface area contributed by atoms with E-state index in [9.17, 15) is 14.4 Å². The first-order valence-corrected chi connectivity index (χ1v) is 11.4. The molecule has 2 aromatic carbocycles. The molecule has 3 amide bonds. The summed E-state index contributed by atoms with van der Waals surface area (Å²) in [6, 6.07) is 12.4. The molecule has 0 radical (unpaired) electrons. The van der Waals surface area contributed by atoms with E-state index in [2.05, 4.69) is 15.6 Å². The zero-order valence-electron chi connectivity index (χ0n) is 20.5. The monoisotopic (exact) mass is 498 g/mol. The Morgan fingerprint density at radius 2 is 1.58 bits per heavy atom. The molecule has 0 unspecified atom stereocenters. The molecule has 194 valence electrons. The number of hydrogen-bond donors (Lipinski definition) is 5. The van der Waals surface area contributed by atoms with Crippen LogP contribution in [0.3, 0.4) is 0 Å². The van der Waals surface area contributed by atoms with Gasteiger partial charge < -0.3 is 37.3 Å². The summed E-state index contributed by atoms with van der Waals surface area (Å²) in [4.78, 5) is 41.8. The molecular formula is C25H34N6O5. The number of aliphatic imine (C=N–C) groups is 1. The largest absolute Gasteiger partial charge is 0.493 e. The predicted molar refractivity (Wildman–Crippen MR) is 136 cm³/mol. The van der Waals surface area contributed by atoms with E-state index in [0.717, 1.165) is 5.56 Å². The van der Waals surface area contributed by atoms with Crippen LogP contribution in [0.15, 0.2) is 53.5 Å². The Morgan fingerprint density at radius 3 is 2.19 bits per heavy atom. The highest BCUT2D eigenvalue weighted by molar-refractivity contribution is 5.92. The lowest BCUT2D eigenvalue weighted by atomic mass is 10.0. The van der Waals surface area contributed by atoms with E-state index in [1.165, 1.54) is 14.2 Å². The number of ether oxygens (including phenoxy) is 2. The standard InChI is InChI=1S/C25H34N6O5/c1-35-20-11-10-17(14-21(20)36-2)15-22(32)30-18(9-6-12-29-25(27)28)24(34)31-19(23(26)33)13-16-7-4-3-5-8-16/h3-5,7-8,10-11,14,18-19H,6,9,12-13,15H2,1-2H3,(H2,26,33)(H,30,32)(H,31,34)(H4,27,28,29)/t18-,19-/m0/s1. The molecular weight excluding hydrogens is 464 g/mol. The van der Waals surface area contributed by atoms with Crippen LogP contribution in [-0.4, -0.2) is 56.5 Å². The van der Waals surface area contributed by atoms with Crippen molar-refractivity contribution in [2.75, 3.05) is 20.8 Å². The fraction of sp³-hybridized carbons (Fsp3) is 0.360. The number of nitrogens with zero attached hydrogens (tertiary/aromatic N) is 1. The second-order valence-corrected chi connectivity index (χ2v) is 8.09. The van der Waals surface area contributed by atoms with Gasteiger partial charge in [0.25, 0.3) is 0 Å². The molecule has 0 aliphatic heterocycles. The molecule has 0 aliphatic carbocycles. The maximum absolute atomic E-state index is 13.1. The van der Waals surface area contributed by atoms with Crippen LogP contribution in [0.2, 0.25) is 0 Å². The molecule has 36 heavy (non-hydrogen) atoms. The minimum absolute atomic E-state index is 0.00129. The molecule has 11 nitrogen and oxygen atoms in total. The van der Waals surface area contributed by atoms with Crippen molar-refractivity contribution in [2.24, 2.45) is 22.2 Å². The van der Waals surface area contributed by atoms with Crippen molar-refractivity contribution in [3.63, 3.8) is 0 Å². The van der Waals surface area contributed by atoms with Crippen LogP contribution in [0.4, 0.5) is 0 Å². The summed E-state index contributed by atoms with van der Waals surface area (Å²) in [5.74, 6) is -0.634. The molecule has 2 aromatic rings. The minimum atomic E-state index is -0.942. The third kappa shape index (κ3) is 9.16. The first-order chi connectivity index (χ1) is 17.2. The van der Waals surface area contributed by atoms with Crippen LogP contribution < -0.4 is 37.3 Å². The number of methoxy groups -OCH3 is 2. The van der Waals surface area contributed by atoms with E-state index in [-0.39, 0.29) is 37.7 Å². The number of primary amides is 1. The highest BCUT2D eigenvalue weighted by atomic mass is 16.5. The molecule has 11 heteroatoms. The van der Waals surface area contributed by atoms with E-state index in [1.807, 2.05) is 30.3 Å². The summed E-state index contributed by atoms with van der Waals surface area (Å²) in [7, 11) is 3.02. The molecule has 0 spiro atoms. The number of nitrogens with one attached hydrogen (secondary N) is 2. The van der Waals surface area contributed by atoms with Crippen molar-refractivity contribution in [3.05, 3.63) is 59.7 Å². The second kappa shape index (κ2) is 14.2. The molecule has 2 atom stereocenters. The summed E-state index contributed by atoms with van der Waals surface area (Å²) in [6.45, 7) is 0.279. The van der Waals surface area contributed by atoms with Crippen molar-refractivity contribution in [3.8, 4) is 11.5 Å². The van der Waals surface area contributed by atoms with E-state index in [1.54, 1.807) is 18.2 Å². The molecule has 0 aliphatic rings. The zero-order chi connectivity index (χ0) is 26.5. The first-order valence-electron chi connectivity index (χ1n) is 11.4. The van der Waals surface area contributed by atoms with Gasteiger partial charge >= 0.3 is 0 Å². The van der Waals surface area contributed by atoms with Gasteiger partial charge in [0.1, 0.15) is 12.1 Å². The maximum Gasteiger partial charge on any atom is 0.243 e. The third-order valence-electron chi connectivity index (χ3n) is 5.35. The zero-order valence-corrected chi connectivity index (χ0v) is 20.5. The highest BCUT2D eigenvalue weighted by Crippen LogP contribution is 2.27. The van der Waals surface area contributed by atoms with Crippen LogP contribution in [0.1, 0.15) is 24.0 Å². The van der Waals surface area contributed by atoms with Crippen molar-refractivity contribution in [2.45, 2.75) is 37.8 Å². The van der Waals surface area contributed by atoms with Crippen LogP contribution in [0.5, 0.6) is 11.5 Å². The normalized spacial score (nSPS) is 12.1. The van der Waals surface area contributed by atoms with E-state index >= 15 is 0 Å². The number of carbonyl (C=O) groups excluding carboxylic acids is 3. The molecule has 0 saturated carbocycles. The first kappa shape index (κ1) is 28.0. The third-order valence-corrected chi connectivity index (χ3v) is 5.35. The number of nitrogens with two attached hydrogens (primary N) is 3. The van der Waals surface area contributed by atoms with Gasteiger partial charge in [-0.3, -0.25) is 19.4 Å². The summed E-state index contributed by atoms with van der Waals surface area (Å²) in [5.41, 5.74) is 17.8. The lowest BCUT2D eigenvalue weighted by Crippen LogP contribution is -2.53. The van der Waals surface area contributed by atoms with Crippen molar-refractivity contribution >= 4 is 23.7 Å². The molecule has 0 saturated heterocycles. The lowest BCUT2D eigenvalue weighted by Gasteiger charge is -2.22. The van der Waals surface area contributed by atoms with Crippen molar-refractivity contribution < 1.29 is 23.9 Å². The average Bonchev–Trinajstić information content (AvgIpc) is 2.85. The van der Waals surface area contributed by atoms with Gasteiger partial charge in [-0.15, -0.1) is 0 Å². The number of carbonyl (C=O) groups is 3. The van der Waals surface area contributed by atoms with Gasteiger partial charge in [-0.1, -0.05) is 36.4 Å². The Kier molecular flexibility index (Phi) is 11.0. The lowest BCUT2D eigenvalue weighted by molar-refractivity contribution is -0.131. The number of amides is 3. The van der Waals surface area contributed by atoms with Gasteiger partial charge in [0.2, 0.25) is 17.7 Å². The SMILES string of the molecule is COc1ccc(CC(=O)N[C@@H](CCCN=C(N)N)C(=O)N[C@@H](Cc2ccccc2)C(N)=O)cc1OC. The Morgan fingerprint density at radius 1 is 0.889 bits per heavy atom. The smallest absolute Gasteiger partial charge is 0.243 e. The fourth-order valence-corrected chi connectivity index (χ4v) is 3.54. The number of hydrogen-bond acceptors (Lipinski definition) is 6. The molecule has 0 heterocycles. The van der Waals surface area contributed by atoms with Gasteiger partial charge in [-0.25, -0.2) is 0 Å². The molecule has 0 fully saturated rings. The Bertz CT molecular complexity index is 1060.